The molecule has 11 heavy (non-hydrogen) atoms. The van der Waals surface area contributed by atoms with Crippen LogP contribution in [0.3, 0.4) is 0 Å². The molecule has 0 bridgehead atoms. The van der Waals surface area contributed by atoms with Gasteiger partial charge < -0.3 is 5.11 Å². The van der Waals surface area contributed by atoms with E-state index in [0.29, 0.717) is 6.42 Å². The molecule has 0 unspecified atom stereocenters. The Hall–Kier alpha value is -1.22. The molecule has 0 amide bonds. The maximum atomic E-state index is 10.4. The molecule has 0 aliphatic rings. The Kier molecular flexibility index (Phi) is 4.07. The molecule has 62 valence electrons. The van der Waals surface area contributed by atoms with Crippen LogP contribution in [0.4, 0.5) is 0 Å². The number of hydrogen-bond acceptors (Lipinski definition) is 2. The summed E-state index contributed by atoms with van der Waals surface area (Å²) in [5, 5.41) is 11.9. The summed E-state index contributed by atoms with van der Waals surface area (Å²) in [7, 11) is 0. The SMILES string of the molecule is CC[C@H](N=[N+]=[N-])[C@@H](C)C(=O)O. The number of nitrogens with zero attached hydrogens (tertiary/aromatic N) is 3. The predicted octanol–water partition coefficient (Wildman–Crippen LogP) is 1.80. The molecular weight excluding hydrogens is 146 g/mol. The number of aliphatic carboxylic acids is 1. The number of hydrogen-bond donors (Lipinski definition) is 1. The molecule has 0 spiro atoms. The molecular formula is C6H11N3O2. The fourth-order valence-corrected chi connectivity index (χ4v) is 0.766. The first-order valence-electron chi connectivity index (χ1n) is 3.40. The maximum Gasteiger partial charge on any atom is 0.306 e. The Morgan fingerprint density at radius 2 is 2.36 bits per heavy atom. The van der Waals surface area contributed by atoms with E-state index in [0.717, 1.165) is 0 Å². The van der Waals surface area contributed by atoms with Gasteiger partial charge in [0.25, 0.3) is 0 Å². The Balaban J connectivity index is 4.24. The van der Waals surface area contributed by atoms with Crippen molar-refractivity contribution in [2.24, 2.45) is 11.0 Å². The van der Waals surface area contributed by atoms with Gasteiger partial charge in [-0.3, -0.25) is 4.79 Å². The smallest absolute Gasteiger partial charge is 0.306 e. The molecule has 0 saturated heterocycles. The number of rotatable bonds is 4. The minimum Gasteiger partial charge on any atom is -0.481 e. The first-order valence-corrected chi connectivity index (χ1v) is 3.40. The van der Waals surface area contributed by atoms with Gasteiger partial charge in [0.2, 0.25) is 0 Å². The molecule has 0 aromatic heterocycles. The second-order valence-electron chi connectivity index (χ2n) is 2.31. The maximum absolute atomic E-state index is 10.4. The molecule has 0 aromatic carbocycles. The van der Waals surface area contributed by atoms with E-state index in [1.54, 1.807) is 6.92 Å². The van der Waals surface area contributed by atoms with Gasteiger partial charge in [0.05, 0.1) is 12.0 Å². The van der Waals surface area contributed by atoms with Crippen LogP contribution in [-0.4, -0.2) is 17.1 Å². The number of carboxylic acids is 1. The van der Waals surface area contributed by atoms with E-state index in [1.807, 2.05) is 0 Å². The Morgan fingerprint density at radius 1 is 1.82 bits per heavy atom. The lowest BCUT2D eigenvalue weighted by Gasteiger charge is -2.11. The van der Waals surface area contributed by atoms with Crippen molar-refractivity contribution in [3.05, 3.63) is 10.4 Å². The molecule has 1 N–H and O–H groups in total. The van der Waals surface area contributed by atoms with E-state index in [2.05, 4.69) is 10.0 Å². The van der Waals surface area contributed by atoms with Crippen LogP contribution in [0.5, 0.6) is 0 Å². The first kappa shape index (κ1) is 9.78. The van der Waals surface area contributed by atoms with Crippen molar-refractivity contribution < 1.29 is 9.90 Å². The van der Waals surface area contributed by atoms with Crippen LogP contribution in [0.15, 0.2) is 5.11 Å². The molecule has 0 radical (unpaired) electrons. The predicted molar refractivity (Wildman–Crippen MR) is 40.0 cm³/mol. The fraction of sp³-hybridized carbons (Fsp3) is 0.833. The van der Waals surface area contributed by atoms with Gasteiger partial charge in [0, 0.05) is 4.91 Å². The van der Waals surface area contributed by atoms with Gasteiger partial charge in [-0.15, -0.1) is 0 Å². The van der Waals surface area contributed by atoms with Crippen molar-refractivity contribution in [2.75, 3.05) is 0 Å². The molecule has 0 saturated carbocycles. The lowest BCUT2D eigenvalue weighted by atomic mass is 10.0. The van der Waals surface area contributed by atoms with Gasteiger partial charge >= 0.3 is 5.97 Å². The van der Waals surface area contributed by atoms with Crippen molar-refractivity contribution in [1.82, 2.24) is 0 Å². The highest BCUT2D eigenvalue weighted by atomic mass is 16.4. The van der Waals surface area contributed by atoms with Crippen LogP contribution in [-0.2, 0) is 4.79 Å². The summed E-state index contributed by atoms with van der Waals surface area (Å²) in [4.78, 5) is 13.0. The minimum absolute atomic E-state index is 0.433. The summed E-state index contributed by atoms with van der Waals surface area (Å²) in [6, 6.07) is -0.433. The van der Waals surface area contributed by atoms with E-state index >= 15 is 0 Å². The van der Waals surface area contributed by atoms with Crippen LogP contribution in [0.25, 0.3) is 10.4 Å². The lowest BCUT2D eigenvalue weighted by Crippen LogP contribution is -2.22. The largest absolute Gasteiger partial charge is 0.481 e. The third-order valence-electron chi connectivity index (χ3n) is 1.58. The van der Waals surface area contributed by atoms with Gasteiger partial charge in [0.1, 0.15) is 0 Å². The van der Waals surface area contributed by atoms with Gasteiger partial charge in [-0.25, -0.2) is 0 Å². The van der Waals surface area contributed by atoms with Crippen molar-refractivity contribution in [2.45, 2.75) is 26.3 Å². The Morgan fingerprint density at radius 3 is 2.64 bits per heavy atom. The highest BCUT2D eigenvalue weighted by Crippen LogP contribution is 2.11. The van der Waals surface area contributed by atoms with E-state index < -0.39 is 17.9 Å². The molecule has 0 aliphatic heterocycles. The normalized spacial score (nSPS) is 14.7. The number of azide groups is 1. The first-order chi connectivity index (χ1) is 5.13. The molecule has 0 heterocycles. The summed E-state index contributed by atoms with van der Waals surface area (Å²) in [6.07, 6.45) is 0.553. The van der Waals surface area contributed by atoms with Gasteiger partial charge in [-0.2, -0.15) is 0 Å². The van der Waals surface area contributed by atoms with Gasteiger partial charge in [0.15, 0.2) is 0 Å². The molecule has 5 heteroatoms. The van der Waals surface area contributed by atoms with E-state index in [1.165, 1.54) is 6.92 Å². The summed E-state index contributed by atoms with van der Waals surface area (Å²) in [5.74, 6) is -1.53. The van der Waals surface area contributed by atoms with E-state index in [4.69, 9.17) is 10.6 Å². The lowest BCUT2D eigenvalue weighted by molar-refractivity contribution is -0.141. The van der Waals surface area contributed by atoms with Gasteiger partial charge in [-0.1, -0.05) is 19.0 Å². The second kappa shape index (κ2) is 4.57. The highest BCUT2D eigenvalue weighted by Gasteiger charge is 2.20. The third kappa shape index (κ3) is 2.91. The van der Waals surface area contributed by atoms with Crippen molar-refractivity contribution >= 4 is 5.97 Å². The molecule has 0 aromatic rings. The zero-order chi connectivity index (χ0) is 8.85. The summed E-state index contributed by atoms with van der Waals surface area (Å²) in [5.41, 5.74) is 8.06. The monoisotopic (exact) mass is 157 g/mol. The molecule has 0 rings (SSSR count). The zero-order valence-corrected chi connectivity index (χ0v) is 6.56. The Bertz CT molecular complexity index is 186. The molecule has 0 aliphatic carbocycles. The second-order valence-corrected chi connectivity index (χ2v) is 2.31. The van der Waals surface area contributed by atoms with Crippen LogP contribution < -0.4 is 0 Å². The van der Waals surface area contributed by atoms with Crippen molar-refractivity contribution in [3.8, 4) is 0 Å². The number of carbonyl (C=O) groups is 1. The van der Waals surface area contributed by atoms with Crippen LogP contribution in [0.2, 0.25) is 0 Å². The van der Waals surface area contributed by atoms with Crippen molar-refractivity contribution in [3.63, 3.8) is 0 Å². The standard InChI is InChI=1S/C6H11N3O2/c1-3-5(8-9-7)4(2)6(10)11/h4-5H,3H2,1-2H3,(H,10,11)/t4-,5+/m1/s1. The summed E-state index contributed by atoms with van der Waals surface area (Å²) in [6.45, 7) is 3.32. The van der Waals surface area contributed by atoms with Crippen LogP contribution in [0, 0.1) is 5.92 Å². The zero-order valence-electron chi connectivity index (χ0n) is 6.56. The fourth-order valence-electron chi connectivity index (χ4n) is 0.766. The molecule has 2 atom stereocenters. The third-order valence-corrected chi connectivity index (χ3v) is 1.58. The average molecular weight is 157 g/mol. The average Bonchev–Trinajstić information content (AvgIpc) is 1.98. The van der Waals surface area contributed by atoms with E-state index in [9.17, 15) is 4.79 Å². The topological polar surface area (TPSA) is 86.1 Å². The Labute approximate surface area is 64.7 Å². The summed E-state index contributed by atoms with van der Waals surface area (Å²) >= 11 is 0. The van der Waals surface area contributed by atoms with Crippen LogP contribution in [0.1, 0.15) is 20.3 Å². The molecule has 0 fully saturated rings. The van der Waals surface area contributed by atoms with Crippen LogP contribution >= 0.6 is 0 Å². The highest BCUT2D eigenvalue weighted by molar-refractivity contribution is 5.70. The van der Waals surface area contributed by atoms with Crippen molar-refractivity contribution in [1.29, 1.82) is 0 Å². The molecule has 5 nitrogen and oxygen atoms in total. The number of carboxylic acid groups (broad SMARTS) is 1. The minimum atomic E-state index is -0.927. The quantitative estimate of drug-likeness (QED) is 0.383. The van der Waals surface area contributed by atoms with Gasteiger partial charge in [-0.05, 0) is 12.0 Å². The summed E-state index contributed by atoms with van der Waals surface area (Å²) < 4.78 is 0. The van der Waals surface area contributed by atoms with E-state index in [-0.39, 0.29) is 0 Å².